The van der Waals surface area contributed by atoms with Gasteiger partial charge in [-0.05, 0) is 25.2 Å². The van der Waals surface area contributed by atoms with E-state index in [1.165, 1.54) is 0 Å². The van der Waals surface area contributed by atoms with Crippen LogP contribution in [-0.4, -0.2) is 41.4 Å². The van der Waals surface area contributed by atoms with Gasteiger partial charge in [0.2, 0.25) is 0 Å². The summed E-state index contributed by atoms with van der Waals surface area (Å²) >= 11 is 1.61. The van der Waals surface area contributed by atoms with Gasteiger partial charge in [-0.15, -0.1) is 11.8 Å². The molecule has 0 aliphatic carbocycles. The second-order valence-electron chi connectivity index (χ2n) is 3.68. The molecule has 0 aromatic heterocycles. The number of rotatable bonds is 7. The van der Waals surface area contributed by atoms with Gasteiger partial charge in [0.05, 0.1) is 5.56 Å². The third-order valence-electron chi connectivity index (χ3n) is 2.68. The first-order valence-corrected chi connectivity index (χ1v) is 6.85. The van der Waals surface area contributed by atoms with E-state index < -0.39 is 5.97 Å². The van der Waals surface area contributed by atoms with Crippen molar-refractivity contribution in [2.75, 3.05) is 25.4 Å². The summed E-state index contributed by atoms with van der Waals surface area (Å²) in [6.45, 7) is 7.35. The van der Waals surface area contributed by atoms with Crippen molar-refractivity contribution in [2.24, 2.45) is 0 Å². The van der Waals surface area contributed by atoms with Gasteiger partial charge in [-0.25, -0.2) is 4.79 Å². The normalized spacial score (nSPS) is 10.8. The van der Waals surface area contributed by atoms with E-state index in [1.54, 1.807) is 23.9 Å². The summed E-state index contributed by atoms with van der Waals surface area (Å²) in [5.41, 5.74) is 0.400. The lowest BCUT2D eigenvalue weighted by Gasteiger charge is -2.17. The highest BCUT2D eigenvalue weighted by atomic mass is 32.2. The van der Waals surface area contributed by atoms with Crippen molar-refractivity contribution >= 4 is 17.7 Å². The Kier molecular flexibility index (Phi) is 6.08. The molecule has 0 fully saturated rings. The van der Waals surface area contributed by atoms with E-state index in [0.29, 0.717) is 5.56 Å². The lowest BCUT2D eigenvalue weighted by Crippen LogP contribution is -2.25. The van der Waals surface area contributed by atoms with Crippen molar-refractivity contribution in [1.82, 2.24) is 4.90 Å². The van der Waals surface area contributed by atoms with Gasteiger partial charge in [-0.3, -0.25) is 0 Å². The number of thioether (sulfide) groups is 1. The summed E-state index contributed by atoms with van der Waals surface area (Å²) < 4.78 is 0. The van der Waals surface area contributed by atoms with Crippen LogP contribution in [0.2, 0.25) is 0 Å². The van der Waals surface area contributed by atoms with Crippen molar-refractivity contribution in [3.05, 3.63) is 29.8 Å². The highest BCUT2D eigenvalue weighted by Crippen LogP contribution is 2.22. The smallest absolute Gasteiger partial charge is 0.336 e. The second kappa shape index (κ2) is 7.35. The third kappa shape index (κ3) is 4.40. The molecule has 1 aromatic rings. The Morgan fingerprint density at radius 2 is 1.94 bits per heavy atom. The fraction of sp³-hybridized carbons (Fsp3) is 0.462. The Bertz CT molecular complexity index is 364. The van der Waals surface area contributed by atoms with Crippen LogP contribution in [0.3, 0.4) is 0 Å². The van der Waals surface area contributed by atoms with E-state index in [9.17, 15) is 4.79 Å². The first-order chi connectivity index (χ1) is 8.19. The molecule has 0 spiro atoms. The number of hydrogen-bond donors (Lipinski definition) is 1. The van der Waals surface area contributed by atoms with Gasteiger partial charge in [0.15, 0.2) is 0 Å². The number of nitrogens with zero attached hydrogens (tertiary/aromatic N) is 1. The quantitative estimate of drug-likeness (QED) is 0.759. The van der Waals surface area contributed by atoms with Crippen LogP contribution in [0.5, 0.6) is 0 Å². The van der Waals surface area contributed by atoms with Crippen LogP contribution >= 0.6 is 11.8 Å². The maximum absolute atomic E-state index is 11.0. The average molecular weight is 253 g/mol. The first kappa shape index (κ1) is 14.1. The molecule has 0 heterocycles. The zero-order valence-electron chi connectivity index (χ0n) is 10.3. The van der Waals surface area contributed by atoms with Crippen LogP contribution in [-0.2, 0) is 0 Å². The molecule has 0 saturated heterocycles. The molecular formula is C13H19NO2S. The van der Waals surface area contributed by atoms with Gasteiger partial charge in [0.25, 0.3) is 0 Å². The lowest BCUT2D eigenvalue weighted by molar-refractivity contribution is 0.0693. The van der Waals surface area contributed by atoms with E-state index in [0.717, 1.165) is 30.3 Å². The molecule has 0 unspecified atom stereocenters. The molecule has 0 atom stereocenters. The summed E-state index contributed by atoms with van der Waals surface area (Å²) in [4.78, 5) is 14.2. The molecular weight excluding hydrogens is 234 g/mol. The molecule has 0 bridgehead atoms. The molecule has 1 aromatic carbocycles. The van der Waals surface area contributed by atoms with Gasteiger partial charge in [-0.1, -0.05) is 26.0 Å². The van der Waals surface area contributed by atoms with Crippen molar-refractivity contribution in [2.45, 2.75) is 18.7 Å². The van der Waals surface area contributed by atoms with Crippen LogP contribution in [0, 0.1) is 0 Å². The maximum atomic E-state index is 11.0. The Labute approximate surface area is 107 Å². The molecule has 1 N–H and O–H groups in total. The minimum Gasteiger partial charge on any atom is -0.478 e. The van der Waals surface area contributed by atoms with Crippen LogP contribution in [0.1, 0.15) is 24.2 Å². The van der Waals surface area contributed by atoms with Crippen LogP contribution in [0.25, 0.3) is 0 Å². The minimum atomic E-state index is -0.851. The van der Waals surface area contributed by atoms with Gasteiger partial charge in [0.1, 0.15) is 0 Å². The number of aromatic carboxylic acids is 1. The Morgan fingerprint density at radius 1 is 1.29 bits per heavy atom. The molecule has 3 nitrogen and oxygen atoms in total. The predicted octanol–water partition coefficient (Wildman–Crippen LogP) is 2.82. The van der Waals surface area contributed by atoms with Crippen molar-refractivity contribution in [3.8, 4) is 0 Å². The van der Waals surface area contributed by atoms with Crippen molar-refractivity contribution in [1.29, 1.82) is 0 Å². The molecule has 0 saturated carbocycles. The lowest BCUT2D eigenvalue weighted by atomic mass is 10.2. The summed E-state index contributed by atoms with van der Waals surface area (Å²) in [5.74, 6) is 0.0716. The minimum absolute atomic E-state index is 0.400. The molecule has 1 rings (SSSR count). The van der Waals surface area contributed by atoms with Gasteiger partial charge in [0, 0.05) is 17.2 Å². The second-order valence-corrected chi connectivity index (χ2v) is 4.81. The molecule has 0 aliphatic rings. The van der Waals surface area contributed by atoms with Gasteiger partial charge >= 0.3 is 5.97 Å². The van der Waals surface area contributed by atoms with E-state index in [4.69, 9.17) is 5.11 Å². The maximum Gasteiger partial charge on any atom is 0.336 e. The average Bonchev–Trinajstić information content (AvgIpc) is 2.35. The Hall–Kier alpha value is -1.00. The summed E-state index contributed by atoms with van der Waals surface area (Å²) in [7, 11) is 0. The fourth-order valence-corrected chi connectivity index (χ4v) is 2.65. The highest BCUT2D eigenvalue weighted by molar-refractivity contribution is 7.99. The predicted molar refractivity (Wildman–Crippen MR) is 71.9 cm³/mol. The standard InChI is InChI=1S/C13H19NO2S/c1-3-14(4-2)9-10-17-12-8-6-5-7-11(12)13(15)16/h5-8H,3-4,9-10H2,1-2H3,(H,15,16). The van der Waals surface area contributed by atoms with Crippen LogP contribution in [0.15, 0.2) is 29.2 Å². The van der Waals surface area contributed by atoms with Gasteiger partial charge in [-0.2, -0.15) is 0 Å². The third-order valence-corrected chi connectivity index (χ3v) is 3.73. The number of carbonyl (C=O) groups is 1. The summed E-state index contributed by atoms with van der Waals surface area (Å²) in [6.07, 6.45) is 0. The van der Waals surface area contributed by atoms with Crippen molar-refractivity contribution < 1.29 is 9.90 Å². The molecule has 0 aliphatic heterocycles. The highest BCUT2D eigenvalue weighted by Gasteiger charge is 2.09. The number of carboxylic acids is 1. The topological polar surface area (TPSA) is 40.5 Å². The largest absolute Gasteiger partial charge is 0.478 e. The zero-order chi connectivity index (χ0) is 12.7. The monoisotopic (exact) mass is 253 g/mol. The first-order valence-electron chi connectivity index (χ1n) is 5.86. The fourth-order valence-electron chi connectivity index (χ4n) is 1.59. The number of hydrogen-bond acceptors (Lipinski definition) is 3. The van der Waals surface area contributed by atoms with Crippen LogP contribution < -0.4 is 0 Å². The summed E-state index contributed by atoms with van der Waals surface area (Å²) in [6, 6.07) is 7.17. The molecule has 0 amide bonds. The molecule has 94 valence electrons. The number of carboxylic acid groups (broad SMARTS) is 1. The number of benzene rings is 1. The molecule has 0 radical (unpaired) electrons. The molecule has 17 heavy (non-hydrogen) atoms. The molecule has 4 heteroatoms. The van der Waals surface area contributed by atoms with E-state index in [-0.39, 0.29) is 0 Å². The SMILES string of the molecule is CCN(CC)CCSc1ccccc1C(=O)O. The summed E-state index contributed by atoms with van der Waals surface area (Å²) in [5, 5.41) is 9.04. The van der Waals surface area contributed by atoms with Crippen LogP contribution in [0.4, 0.5) is 0 Å². The van der Waals surface area contributed by atoms with E-state index in [1.807, 2.05) is 12.1 Å². The van der Waals surface area contributed by atoms with Crippen molar-refractivity contribution in [3.63, 3.8) is 0 Å². The zero-order valence-corrected chi connectivity index (χ0v) is 11.2. The van der Waals surface area contributed by atoms with Gasteiger partial charge < -0.3 is 10.0 Å². The Balaban J connectivity index is 2.54. The Morgan fingerprint density at radius 3 is 2.53 bits per heavy atom. The van der Waals surface area contributed by atoms with E-state index in [2.05, 4.69) is 18.7 Å². The van der Waals surface area contributed by atoms with E-state index >= 15 is 0 Å².